The average Bonchev–Trinajstić information content (AvgIpc) is 2.96. The highest BCUT2D eigenvalue weighted by Gasteiger charge is 2.16. The van der Waals surface area contributed by atoms with Crippen LogP contribution in [0.1, 0.15) is 24.0 Å². The molecule has 7 heteroatoms. The van der Waals surface area contributed by atoms with Gasteiger partial charge in [-0.3, -0.25) is 4.79 Å². The smallest absolute Gasteiger partial charge is 0.220 e. The monoisotopic (exact) mass is 405 g/mol. The van der Waals surface area contributed by atoms with E-state index >= 15 is 0 Å². The van der Waals surface area contributed by atoms with Crippen LogP contribution < -0.4 is 24.3 Å². The summed E-state index contributed by atoms with van der Waals surface area (Å²) in [7, 11) is 3.19. The van der Waals surface area contributed by atoms with E-state index in [1.807, 2.05) is 24.3 Å². The summed E-state index contributed by atoms with van der Waals surface area (Å²) >= 11 is 6.29. The molecule has 1 aliphatic rings. The molecule has 0 atom stereocenters. The zero-order chi connectivity index (χ0) is 19.9. The van der Waals surface area contributed by atoms with Gasteiger partial charge in [-0.05, 0) is 41.8 Å². The zero-order valence-electron chi connectivity index (χ0n) is 16.0. The van der Waals surface area contributed by atoms with Gasteiger partial charge in [-0.25, -0.2) is 0 Å². The summed E-state index contributed by atoms with van der Waals surface area (Å²) in [5, 5.41) is 3.41. The highest BCUT2D eigenvalue weighted by atomic mass is 35.5. The average molecular weight is 406 g/mol. The van der Waals surface area contributed by atoms with Crippen molar-refractivity contribution >= 4 is 17.5 Å². The summed E-state index contributed by atoms with van der Waals surface area (Å²) in [6, 6.07) is 9.31. The van der Waals surface area contributed by atoms with Crippen LogP contribution in [0.2, 0.25) is 5.02 Å². The number of halogens is 1. The molecule has 1 amide bonds. The Morgan fingerprint density at radius 3 is 2.64 bits per heavy atom. The van der Waals surface area contributed by atoms with Crippen LogP contribution >= 0.6 is 11.6 Å². The van der Waals surface area contributed by atoms with Crippen molar-refractivity contribution in [2.75, 3.05) is 27.4 Å². The molecule has 0 aliphatic carbocycles. The molecule has 2 aromatic carbocycles. The number of amides is 1. The topological polar surface area (TPSA) is 66.0 Å². The second-order valence-corrected chi connectivity index (χ2v) is 6.83. The van der Waals surface area contributed by atoms with Crippen molar-refractivity contribution in [1.82, 2.24) is 5.32 Å². The third-order valence-corrected chi connectivity index (χ3v) is 4.72. The number of carbonyl (C=O) groups is 1. The zero-order valence-corrected chi connectivity index (χ0v) is 16.8. The van der Waals surface area contributed by atoms with Crippen molar-refractivity contribution < 1.29 is 23.7 Å². The molecule has 1 aliphatic heterocycles. The minimum absolute atomic E-state index is 0.0435. The highest BCUT2D eigenvalue weighted by Crippen LogP contribution is 2.38. The van der Waals surface area contributed by atoms with Crippen LogP contribution in [0.3, 0.4) is 0 Å². The Labute approximate surface area is 169 Å². The second kappa shape index (κ2) is 9.55. The van der Waals surface area contributed by atoms with Gasteiger partial charge < -0.3 is 24.3 Å². The number of carbonyl (C=O) groups excluding carboxylic acids is 1. The molecule has 0 fully saturated rings. The molecule has 2 aromatic rings. The van der Waals surface area contributed by atoms with Gasteiger partial charge in [0.05, 0.1) is 32.5 Å². The number of benzene rings is 2. The Hall–Kier alpha value is -2.60. The summed E-state index contributed by atoms with van der Waals surface area (Å²) in [5.41, 5.74) is 1.88. The summed E-state index contributed by atoms with van der Waals surface area (Å²) in [5.74, 6) is 2.48. The predicted molar refractivity (Wildman–Crippen MR) is 107 cm³/mol. The molecule has 28 heavy (non-hydrogen) atoms. The molecule has 0 saturated carbocycles. The Balaban J connectivity index is 1.55. The van der Waals surface area contributed by atoms with E-state index in [2.05, 4.69) is 5.32 Å². The number of hydrogen-bond acceptors (Lipinski definition) is 5. The van der Waals surface area contributed by atoms with Crippen LogP contribution in [0, 0.1) is 0 Å². The second-order valence-electron chi connectivity index (χ2n) is 6.42. The van der Waals surface area contributed by atoms with Gasteiger partial charge >= 0.3 is 0 Å². The van der Waals surface area contributed by atoms with Crippen molar-refractivity contribution in [3.63, 3.8) is 0 Å². The fourth-order valence-electron chi connectivity index (χ4n) is 2.97. The first-order valence-corrected chi connectivity index (χ1v) is 9.54. The van der Waals surface area contributed by atoms with Gasteiger partial charge in [0.25, 0.3) is 0 Å². The van der Waals surface area contributed by atoms with Crippen molar-refractivity contribution in [2.24, 2.45) is 0 Å². The van der Waals surface area contributed by atoms with Gasteiger partial charge in [-0.15, -0.1) is 0 Å². The van der Waals surface area contributed by atoms with Crippen LogP contribution in [-0.2, 0) is 17.8 Å². The lowest BCUT2D eigenvalue weighted by Gasteiger charge is -2.12. The molecular weight excluding hydrogens is 382 g/mol. The molecule has 0 saturated heterocycles. The quantitative estimate of drug-likeness (QED) is 0.759. The molecular formula is C21H24ClNO5. The third kappa shape index (κ3) is 5.01. The third-order valence-electron chi connectivity index (χ3n) is 4.44. The van der Waals surface area contributed by atoms with Crippen LogP contribution in [0.15, 0.2) is 30.3 Å². The van der Waals surface area contributed by atoms with E-state index in [-0.39, 0.29) is 5.91 Å². The standard InChI is InChI=1S/C21H24ClNO5/c1-25-17-6-4-14(11-18(17)26-2)5-7-20(24)23-13-15-10-16(22)21-19(12-15)27-8-3-9-28-21/h4,6,10-12H,3,5,7-9,13H2,1-2H3,(H,23,24). The van der Waals surface area contributed by atoms with E-state index in [4.69, 9.17) is 30.5 Å². The number of methoxy groups -OCH3 is 2. The maximum atomic E-state index is 12.2. The van der Waals surface area contributed by atoms with E-state index in [1.54, 1.807) is 20.3 Å². The van der Waals surface area contributed by atoms with Gasteiger partial charge in [-0.2, -0.15) is 0 Å². The van der Waals surface area contributed by atoms with Crippen molar-refractivity contribution in [3.8, 4) is 23.0 Å². The maximum Gasteiger partial charge on any atom is 0.220 e. The van der Waals surface area contributed by atoms with E-state index in [9.17, 15) is 4.79 Å². The normalized spacial score (nSPS) is 12.8. The Bertz CT molecular complexity index is 840. The van der Waals surface area contributed by atoms with Gasteiger partial charge in [-0.1, -0.05) is 17.7 Å². The predicted octanol–water partition coefficient (Wildman–Crippen LogP) is 3.77. The molecule has 6 nitrogen and oxygen atoms in total. The van der Waals surface area contributed by atoms with Gasteiger partial charge in [0.15, 0.2) is 23.0 Å². The number of aryl methyl sites for hydroxylation is 1. The number of ether oxygens (including phenoxy) is 4. The summed E-state index contributed by atoms with van der Waals surface area (Å²) in [4.78, 5) is 12.2. The fourth-order valence-corrected chi connectivity index (χ4v) is 3.26. The summed E-state index contributed by atoms with van der Waals surface area (Å²) in [6.07, 6.45) is 1.79. The molecule has 1 heterocycles. The number of fused-ring (bicyclic) bond motifs is 1. The number of nitrogens with one attached hydrogen (secondary N) is 1. The molecule has 0 spiro atoms. The first-order chi connectivity index (χ1) is 13.6. The lowest BCUT2D eigenvalue weighted by Crippen LogP contribution is -2.23. The molecule has 0 unspecified atom stereocenters. The molecule has 1 N–H and O–H groups in total. The number of hydrogen-bond donors (Lipinski definition) is 1. The minimum atomic E-state index is -0.0435. The van der Waals surface area contributed by atoms with E-state index in [1.165, 1.54) is 0 Å². The van der Waals surface area contributed by atoms with Crippen molar-refractivity contribution in [2.45, 2.75) is 25.8 Å². The summed E-state index contributed by atoms with van der Waals surface area (Å²) in [6.45, 7) is 1.55. The van der Waals surface area contributed by atoms with Gasteiger partial charge in [0, 0.05) is 19.4 Å². The molecule has 3 rings (SSSR count). The van der Waals surface area contributed by atoms with Crippen LogP contribution in [0.4, 0.5) is 0 Å². The Kier molecular flexibility index (Phi) is 6.87. The largest absolute Gasteiger partial charge is 0.493 e. The highest BCUT2D eigenvalue weighted by molar-refractivity contribution is 6.32. The molecule has 0 bridgehead atoms. The van der Waals surface area contributed by atoms with Crippen LogP contribution in [0.25, 0.3) is 0 Å². The van der Waals surface area contributed by atoms with Crippen LogP contribution in [0.5, 0.6) is 23.0 Å². The molecule has 150 valence electrons. The lowest BCUT2D eigenvalue weighted by atomic mass is 10.1. The SMILES string of the molecule is COc1ccc(CCC(=O)NCc2cc(Cl)c3c(c2)OCCCO3)cc1OC. The van der Waals surface area contributed by atoms with Crippen molar-refractivity contribution in [3.05, 3.63) is 46.5 Å². The van der Waals surface area contributed by atoms with Gasteiger partial charge in [0.1, 0.15) is 0 Å². The number of rotatable bonds is 7. The minimum Gasteiger partial charge on any atom is -0.493 e. The first kappa shape index (κ1) is 20.1. The fraction of sp³-hybridized carbons (Fsp3) is 0.381. The van der Waals surface area contributed by atoms with E-state index < -0.39 is 0 Å². The maximum absolute atomic E-state index is 12.2. The van der Waals surface area contributed by atoms with E-state index in [0.717, 1.165) is 17.5 Å². The lowest BCUT2D eigenvalue weighted by molar-refractivity contribution is -0.121. The van der Waals surface area contributed by atoms with Crippen LogP contribution in [-0.4, -0.2) is 33.3 Å². The Morgan fingerprint density at radius 1 is 1.07 bits per heavy atom. The van der Waals surface area contributed by atoms with Crippen molar-refractivity contribution in [1.29, 1.82) is 0 Å². The molecule has 0 aromatic heterocycles. The summed E-state index contributed by atoms with van der Waals surface area (Å²) < 4.78 is 21.8. The van der Waals surface area contributed by atoms with E-state index in [0.29, 0.717) is 60.6 Å². The Morgan fingerprint density at radius 2 is 1.86 bits per heavy atom. The molecule has 0 radical (unpaired) electrons. The first-order valence-electron chi connectivity index (χ1n) is 9.16. The van der Waals surface area contributed by atoms with Gasteiger partial charge in [0.2, 0.25) is 5.91 Å².